The summed E-state index contributed by atoms with van der Waals surface area (Å²) < 4.78 is 5.80. The lowest BCUT2D eigenvalue weighted by atomic mass is 9.46. The number of hydrogen-bond donors (Lipinski definition) is 1. The number of likely N-dealkylation sites (N-methyl/N-ethyl adjacent to an activating group) is 1. The normalized spacial score (nSPS) is 36.9. The van der Waals surface area contributed by atoms with Gasteiger partial charge in [0, 0.05) is 31.5 Å². The Hall–Kier alpha value is -0.320. The lowest BCUT2D eigenvalue weighted by molar-refractivity contribution is -0.229. The molecule has 2 N–H and O–H groups in total. The molecule has 106 valence electrons. The first kappa shape index (κ1) is 15.7. The third-order valence-electron chi connectivity index (χ3n) is 4.86. The van der Waals surface area contributed by atoms with E-state index in [4.69, 9.17) is 10.5 Å². The van der Waals surface area contributed by atoms with Crippen molar-refractivity contribution in [3.8, 4) is 0 Å². The van der Waals surface area contributed by atoms with Crippen molar-refractivity contribution >= 4 is 18.3 Å². The van der Waals surface area contributed by atoms with Gasteiger partial charge in [0.25, 0.3) is 0 Å². The summed E-state index contributed by atoms with van der Waals surface area (Å²) in [6.45, 7) is 7.59. The molecule has 0 aromatic carbocycles. The molecule has 3 unspecified atom stereocenters. The van der Waals surface area contributed by atoms with Crippen molar-refractivity contribution in [1.82, 2.24) is 4.90 Å². The van der Waals surface area contributed by atoms with E-state index in [9.17, 15) is 4.79 Å². The van der Waals surface area contributed by atoms with Crippen molar-refractivity contribution < 1.29 is 9.53 Å². The summed E-state index contributed by atoms with van der Waals surface area (Å²) in [4.78, 5) is 14.2. The van der Waals surface area contributed by atoms with E-state index >= 15 is 0 Å². The number of halogens is 1. The molecule has 1 amide bonds. The van der Waals surface area contributed by atoms with Crippen molar-refractivity contribution in [3.05, 3.63) is 0 Å². The van der Waals surface area contributed by atoms with Crippen LogP contribution >= 0.6 is 12.4 Å². The Labute approximate surface area is 116 Å². The monoisotopic (exact) mass is 276 g/mol. The molecular weight excluding hydrogens is 252 g/mol. The van der Waals surface area contributed by atoms with E-state index in [0.29, 0.717) is 6.54 Å². The van der Waals surface area contributed by atoms with Crippen molar-refractivity contribution in [3.63, 3.8) is 0 Å². The Morgan fingerprint density at radius 2 is 2.11 bits per heavy atom. The Bertz CT molecular complexity index is 335. The molecular formula is C13H25ClN2O2. The second-order valence-corrected chi connectivity index (χ2v) is 5.95. The molecule has 18 heavy (non-hydrogen) atoms. The third-order valence-corrected chi connectivity index (χ3v) is 4.86. The van der Waals surface area contributed by atoms with Gasteiger partial charge in [-0.2, -0.15) is 0 Å². The minimum absolute atomic E-state index is 0. The molecule has 0 bridgehead atoms. The van der Waals surface area contributed by atoms with Crippen LogP contribution in [-0.4, -0.2) is 42.6 Å². The SMILES string of the molecule is CCN(C)C(=O)C1(N)C2CCCOC2C1(C)C.Cl. The summed E-state index contributed by atoms with van der Waals surface area (Å²) in [5.41, 5.74) is 5.47. The summed E-state index contributed by atoms with van der Waals surface area (Å²) in [7, 11) is 1.82. The minimum atomic E-state index is -0.747. The highest BCUT2D eigenvalue weighted by Crippen LogP contribution is 2.57. The minimum Gasteiger partial charge on any atom is -0.377 e. The van der Waals surface area contributed by atoms with E-state index in [2.05, 4.69) is 13.8 Å². The highest BCUT2D eigenvalue weighted by atomic mass is 35.5. The van der Waals surface area contributed by atoms with Crippen LogP contribution in [0, 0.1) is 11.3 Å². The first-order valence-corrected chi connectivity index (χ1v) is 6.53. The molecule has 1 saturated carbocycles. The van der Waals surface area contributed by atoms with E-state index < -0.39 is 5.54 Å². The number of carbonyl (C=O) groups excluding carboxylic acids is 1. The largest absolute Gasteiger partial charge is 0.377 e. The molecule has 1 saturated heterocycles. The van der Waals surface area contributed by atoms with Crippen LogP contribution in [-0.2, 0) is 9.53 Å². The maximum absolute atomic E-state index is 12.5. The molecule has 3 atom stereocenters. The Morgan fingerprint density at radius 1 is 1.50 bits per heavy atom. The van der Waals surface area contributed by atoms with Crippen LogP contribution in [0.2, 0.25) is 0 Å². The highest BCUT2D eigenvalue weighted by molar-refractivity contribution is 5.89. The maximum atomic E-state index is 12.5. The highest BCUT2D eigenvalue weighted by Gasteiger charge is 2.70. The number of carbonyl (C=O) groups is 1. The molecule has 1 aliphatic carbocycles. The number of amides is 1. The van der Waals surface area contributed by atoms with Gasteiger partial charge < -0.3 is 15.4 Å². The average molecular weight is 277 g/mol. The number of fused-ring (bicyclic) bond motifs is 1. The van der Waals surface area contributed by atoms with E-state index in [1.54, 1.807) is 4.90 Å². The van der Waals surface area contributed by atoms with Crippen LogP contribution in [0.15, 0.2) is 0 Å². The van der Waals surface area contributed by atoms with Crippen LogP contribution in [0.1, 0.15) is 33.6 Å². The molecule has 2 rings (SSSR count). The predicted molar refractivity (Wildman–Crippen MR) is 73.7 cm³/mol. The number of nitrogens with zero attached hydrogens (tertiary/aromatic N) is 1. The van der Waals surface area contributed by atoms with E-state index in [-0.39, 0.29) is 35.8 Å². The molecule has 0 radical (unpaired) electrons. The molecule has 1 heterocycles. The van der Waals surface area contributed by atoms with E-state index in [1.807, 2.05) is 14.0 Å². The summed E-state index contributed by atoms with van der Waals surface area (Å²) in [6, 6.07) is 0. The fraction of sp³-hybridized carbons (Fsp3) is 0.923. The van der Waals surface area contributed by atoms with Gasteiger partial charge in [-0.05, 0) is 19.8 Å². The van der Waals surface area contributed by atoms with Gasteiger partial charge >= 0.3 is 0 Å². The Balaban J connectivity index is 0.00000162. The fourth-order valence-electron chi connectivity index (χ4n) is 3.47. The smallest absolute Gasteiger partial charge is 0.243 e. The van der Waals surface area contributed by atoms with Crippen molar-refractivity contribution in [1.29, 1.82) is 0 Å². The maximum Gasteiger partial charge on any atom is 0.243 e. The van der Waals surface area contributed by atoms with Crippen LogP contribution in [0.25, 0.3) is 0 Å². The summed E-state index contributed by atoms with van der Waals surface area (Å²) in [6.07, 6.45) is 2.17. The summed E-state index contributed by atoms with van der Waals surface area (Å²) in [5.74, 6) is 0.254. The lowest BCUT2D eigenvalue weighted by Crippen LogP contribution is -2.82. The van der Waals surface area contributed by atoms with Crippen LogP contribution in [0.5, 0.6) is 0 Å². The first-order chi connectivity index (χ1) is 7.87. The lowest BCUT2D eigenvalue weighted by Gasteiger charge is -2.65. The summed E-state index contributed by atoms with van der Waals surface area (Å²) in [5, 5.41) is 0. The molecule has 0 spiro atoms. The van der Waals surface area contributed by atoms with Gasteiger partial charge in [-0.15, -0.1) is 12.4 Å². The molecule has 2 aliphatic rings. The summed E-state index contributed by atoms with van der Waals surface area (Å²) >= 11 is 0. The van der Waals surface area contributed by atoms with Gasteiger partial charge in [-0.3, -0.25) is 4.79 Å². The Morgan fingerprint density at radius 3 is 2.67 bits per heavy atom. The zero-order valence-corrected chi connectivity index (χ0v) is 12.5. The van der Waals surface area contributed by atoms with E-state index in [0.717, 1.165) is 19.4 Å². The second-order valence-electron chi connectivity index (χ2n) is 5.95. The van der Waals surface area contributed by atoms with Crippen LogP contribution in [0.4, 0.5) is 0 Å². The molecule has 0 aromatic heterocycles. The van der Waals surface area contributed by atoms with Crippen molar-refractivity contribution in [2.45, 2.75) is 45.3 Å². The Kier molecular flexibility index (Phi) is 4.36. The number of hydrogen-bond acceptors (Lipinski definition) is 3. The molecule has 4 nitrogen and oxygen atoms in total. The quantitative estimate of drug-likeness (QED) is 0.830. The number of nitrogens with two attached hydrogens (primary N) is 1. The zero-order chi connectivity index (χ0) is 12.8. The molecule has 1 aliphatic heterocycles. The van der Waals surface area contributed by atoms with Crippen molar-refractivity contribution in [2.75, 3.05) is 20.2 Å². The van der Waals surface area contributed by atoms with Gasteiger partial charge in [0.05, 0.1) is 6.10 Å². The van der Waals surface area contributed by atoms with Crippen LogP contribution < -0.4 is 5.73 Å². The topological polar surface area (TPSA) is 55.6 Å². The first-order valence-electron chi connectivity index (χ1n) is 6.53. The van der Waals surface area contributed by atoms with E-state index in [1.165, 1.54) is 0 Å². The van der Waals surface area contributed by atoms with Crippen LogP contribution in [0.3, 0.4) is 0 Å². The van der Waals surface area contributed by atoms with Gasteiger partial charge in [0.1, 0.15) is 5.54 Å². The van der Waals surface area contributed by atoms with Gasteiger partial charge in [0.15, 0.2) is 0 Å². The van der Waals surface area contributed by atoms with Gasteiger partial charge in [-0.25, -0.2) is 0 Å². The predicted octanol–water partition coefficient (Wildman–Crippen LogP) is 1.42. The van der Waals surface area contributed by atoms with Gasteiger partial charge in [-0.1, -0.05) is 13.8 Å². The standard InChI is InChI=1S/C13H24N2O2.ClH/c1-5-15(4)11(16)13(14)9-7-6-8-17-10(9)12(13,2)3;/h9-10H,5-8,14H2,1-4H3;1H. The average Bonchev–Trinajstić information content (AvgIpc) is 2.35. The fourth-order valence-corrected chi connectivity index (χ4v) is 3.47. The molecule has 5 heteroatoms. The van der Waals surface area contributed by atoms with Crippen molar-refractivity contribution in [2.24, 2.45) is 17.1 Å². The van der Waals surface area contributed by atoms with Gasteiger partial charge in [0.2, 0.25) is 5.91 Å². The molecule has 2 fully saturated rings. The molecule has 0 aromatic rings. The number of rotatable bonds is 2. The number of ether oxygens (including phenoxy) is 1. The zero-order valence-electron chi connectivity index (χ0n) is 11.7. The third kappa shape index (κ3) is 1.77. The second kappa shape index (κ2) is 4.99.